The lowest BCUT2D eigenvalue weighted by atomic mass is 10.1. The van der Waals surface area contributed by atoms with E-state index >= 15 is 0 Å². The summed E-state index contributed by atoms with van der Waals surface area (Å²) >= 11 is 0. The molecule has 0 saturated carbocycles. The quantitative estimate of drug-likeness (QED) is 0.385. The molecule has 30 heavy (non-hydrogen) atoms. The lowest BCUT2D eigenvalue weighted by Gasteiger charge is -2.19. The summed E-state index contributed by atoms with van der Waals surface area (Å²) in [7, 11) is 1.78. The molecule has 152 valence electrons. The fraction of sp³-hybridized carbons (Fsp3) is 0.174. The maximum absolute atomic E-state index is 4.37. The van der Waals surface area contributed by atoms with E-state index in [4.69, 9.17) is 0 Å². The number of guanidine groups is 1. The Balaban J connectivity index is 1.40. The highest BCUT2D eigenvalue weighted by Crippen LogP contribution is 2.16. The number of hydrogen-bond donors (Lipinski definition) is 2. The topological polar surface area (TPSA) is 72.1 Å². The smallest absolute Gasteiger partial charge is 0.191 e. The second kappa shape index (κ2) is 9.09. The first-order chi connectivity index (χ1) is 14.7. The normalized spacial score (nSPS) is 12.5. The number of nitrogens with one attached hydrogen (secondary N) is 2. The molecule has 7 nitrogen and oxygen atoms in total. The van der Waals surface area contributed by atoms with Gasteiger partial charge in [0.05, 0.1) is 17.4 Å². The largest absolute Gasteiger partial charge is 0.352 e. The van der Waals surface area contributed by atoms with Crippen molar-refractivity contribution in [1.29, 1.82) is 0 Å². The summed E-state index contributed by atoms with van der Waals surface area (Å²) in [6.07, 6.45) is 7.43. The molecule has 1 unspecified atom stereocenters. The van der Waals surface area contributed by atoms with Crippen molar-refractivity contribution in [3.05, 3.63) is 96.6 Å². The van der Waals surface area contributed by atoms with E-state index in [1.165, 1.54) is 0 Å². The van der Waals surface area contributed by atoms with E-state index in [-0.39, 0.29) is 6.04 Å². The van der Waals surface area contributed by atoms with Crippen LogP contribution in [0.5, 0.6) is 0 Å². The van der Waals surface area contributed by atoms with Crippen molar-refractivity contribution in [2.75, 3.05) is 7.05 Å². The van der Waals surface area contributed by atoms with Crippen molar-refractivity contribution < 1.29 is 0 Å². The minimum Gasteiger partial charge on any atom is -0.352 e. The molecule has 2 aromatic carbocycles. The Labute approximate surface area is 176 Å². The molecule has 7 heteroatoms. The van der Waals surface area contributed by atoms with Crippen LogP contribution in [-0.2, 0) is 6.54 Å². The summed E-state index contributed by atoms with van der Waals surface area (Å²) < 4.78 is 3.71. The number of aromatic nitrogens is 4. The Kier molecular flexibility index (Phi) is 5.89. The molecule has 0 spiro atoms. The van der Waals surface area contributed by atoms with Crippen molar-refractivity contribution in [3.8, 4) is 11.4 Å². The maximum Gasteiger partial charge on any atom is 0.191 e. The third-order valence-corrected chi connectivity index (χ3v) is 4.86. The van der Waals surface area contributed by atoms with E-state index < -0.39 is 0 Å². The van der Waals surface area contributed by atoms with Gasteiger partial charge in [-0.25, -0.2) is 9.36 Å². The zero-order valence-corrected chi connectivity index (χ0v) is 17.1. The van der Waals surface area contributed by atoms with Crippen molar-refractivity contribution >= 4 is 5.96 Å². The standard InChI is InChI=1S/C23H25N7/c1-18(20-8-4-10-22(16-20)30-14-6-12-27-30)28-23(24-2)25-17-19-7-3-9-21(15-19)29-13-5-11-26-29/h3-16,18H,17H2,1-2H3,(H2,24,25,28). The first-order valence-electron chi connectivity index (χ1n) is 9.89. The maximum atomic E-state index is 4.37. The summed E-state index contributed by atoms with van der Waals surface area (Å²) in [5, 5.41) is 15.5. The SMILES string of the molecule is CN=C(NCc1cccc(-n2cccn2)c1)NC(C)c1cccc(-n2cccn2)c1. The second-order valence-electron chi connectivity index (χ2n) is 6.96. The molecule has 2 aromatic heterocycles. The van der Waals surface area contributed by atoms with Crippen LogP contribution in [0.15, 0.2) is 90.4 Å². The van der Waals surface area contributed by atoms with Crippen molar-refractivity contribution in [2.24, 2.45) is 4.99 Å². The van der Waals surface area contributed by atoms with Gasteiger partial charge in [0.25, 0.3) is 0 Å². The highest BCUT2D eigenvalue weighted by atomic mass is 15.3. The molecule has 0 aliphatic carbocycles. The van der Waals surface area contributed by atoms with Crippen LogP contribution in [0.2, 0.25) is 0 Å². The van der Waals surface area contributed by atoms with E-state index in [1.807, 2.05) is 58.2 Å². The molecule has 0 aliphatic heterocycles. The molecule has 0 saturated heterocycles. The van der Waals surface area contributed by atoms with Crippen LogP contribution in [-0.4, -0.2) is 32.6 Å². The number of benzene rings is 2. The van der Waals surface area contributed by atoms with E-state index in [0.717, 1.165) is 28.5 Å². The van der Waals surface area contributed by atoms with Gasteiger partial charge in [-0.15, -0.1) is 0 Å². The third-order valence-electron chi connectivity index (χ3n) is 4.86. The summed E-state index contributed by atoms with van der Waals surface area (Å²) in [5.41, 5.74) is 4.38. The van der Waals surface area contributed by atoms with Gasteiger partial charge in [0.15, 0.2) is 5.96 Å². The summed E-state index contributed by atoms with van der Waals surface area (Å²) in [6.45, 7) is 2.78. The van der Waals surface area contributed by atoms with Crippen LogP contribution in [0.25, 0.3) is 11.4 Å². The number of nitrogens with zero attached hydrogens (tertiary/aromatic N) is 5. The minimum absolute atomic E-state index is 0.0853. The van der Waals surface area contributed by atoms with Gasteiger partial charge in [-0.2, -0.15) is 10.2 Å². The number of aliphatic imine (C=N–C) groups is 1. The van der Waals surface area contributed by atoms with Crippen LogP contribution in [0, 0.1) is 0 Å². The monoisotopic (exact) mass is 399 g/mol. The lowest BCUT2D eigenvalue weighted by molar-refractivity contribution is 0.684. The molecule has 2 N–H and O–H groups in total. The third kappa shape index (κ3) is 4.57. The van der Waals surface area contributed by atoms with Gasteiger partial charge in [0.2, 0.25) is 0 Å². The highest BCUT2D eigenvalue weighted by Gasteiger charge is 2.09. The zero-order chi connectivity index (χ0) is 20.8. The van der Waals surface area contributed by atoms with Crippen LogP contribution in [0.3, 0.4) is 0 Å². The van der Waals surface area contributed by atoms with Crippen LogP contribution in [0.4, 0.5) is 0 Å². The average molecular weight is 400 g/mol. The van der Waals surface area contributed by atoms with Crippen LogP contribution < -0.4 is 10.6 Å². The molecule has 0 radical (unpaired) electrons. The molecule has 4 rings (SSSR count). The molecular weight excluding hydrogens is 374 g/mol. The Bertz CT molecular complexity index is 1100. The van der Waals surface area contributed by atoms with E-state index in [1.54, 1.807) is 19.4 Å². The predicted molar refractivity (Wildman–Crippen MR) is 119 cm³/mol. The van der Waals surface area contributed by atoms with Crippen molar-refractivity contribution in [2.45, 2.75) is 19.5 Å². The van der Waals surface area contributed by atoms with Crippen molar-refractivity contribution in [3.63, 3.8) is 0 Å². The van der Waals surface area contributed by atoms with Gasteiger partial charge in [-0.1, -0.05) is 24.3 Å². The van der Waals surface area contributed by atoms with Crippen LogP contribution >= 0.6 is 0 Å². The summed E-state index contributed by atoms with van der Waals surface area (Å²) in [4.78, 5) is 4.37. The second-order valence-corrected chi connectivity index (χ2v) is 6.96. The van der Waals surface area contributed by atoms with Crippen molar-refractivity contribution in [1.82, 2.24) is 30.2 Å². The van der Waals surface area contributed by atoms with Crippen LogP contribution in [0.1, 0.15) is 24.1 Å². The van der Waals surface area contributed by atoms with Gasteiger partial charge >= 0.3 is 0 Å². The fourth-order valence-corrected chi connectivity index (χ4v) is 3.26. The number of hydrogen-bond acceptors (Lipinski definition) is 3. The first-order valence-corrected chi connectivity index (χ1v) is 9.89. The molecule has 0 fully saturated rings. The van der Waals surface area contributed by atoms with E-state index in [0.29, 0.717) is 6.54 Å². The predicted octanol–water partition coefficient (Wildman–Crippen LogP) is 3.48. The van der Waals surface area contributed by atoms with Gasteiger partial charge in [0.1, 0.15) is 0 Å². The Hall–Kier alpha value is -3.87. The van der Waals surface area contributed by atoms with Gasteiger partial charge < -0.3 is 10.6 Å². The fourth-order valence-electron chi connectivity index (χ4n) is 3.26. The molecular formula is C23H25N7. The molecule has 0 amide bonds. The lowest BCUT2D eigenvalue weighted by Crippen LogP contribution is -2.38. The summed E-state index contributed by atoms with van der Waals surface area (Å²) in [6, 6.07) is 20.5. The van der Waals surface area contributed by atoms with Gasteiger partial charge in [-0.3, -0.25) is 4.99 Å². The highest BCUT2D eigenvalue weighted by molar-refractivity contribution is 5.80. The average Bonchev–Trinajstić information content (AvgIpc) is 3.51. The Morgan fingerprint density at radius 1 is 0.933 bits per heavy atom. The molecule has 0 aliphatic rings. The first kappa shape index (κ1) is 19.4. The van der Waals surface area contributed by atoms with E-state index in [9.17, 15) is 0 Å². The number of rotatable bonds is 6. The molecule has 1 atom stereocenters. The molecule has 4 aromatic rings. The van der Waals surface area contributed by atoms with Gasteiger partial charge in [0, 0.05) is 38.4 Å². The molecule has 0 bridgehead atoms. The Morgan fingerprint density at radius 2 is 1.60 bits per heavy atom. The van der Waals surface area contributed by atoms with E-state index in [2.05, 4.69) is 57.0 Å². The van der Waals surface area contributed by atoms with Gasteiger partial charge in [-0.05, 0) is 54.4 Å². The molecule has 2 heterocycles. The summed E-state index contributed by atoms with van der Waals surface area (Å²) in [5.74, 6) is 0.747. The zero-order valence-electron chi connectivity index (χ0n) is 17.1. The minimum atomic E-state index is 0.0853. The Morgan fingerprint density at radius 3 is 2.23 bits per heavy atom.